The molecule has 1 aromatic heterocycles. The largest absolute Gasteiger partial charge is 0.396 e. The molecule has 2 N–H and O–H groups in total. The van der Waals surface area contributed by atoms with Gasteiger partial charge in [0.15, 0.2) is 0 Å². The Kier molecular flexibility index (Phi) is 5.96. The van der Waals surface area contributed by atoms with Crippen molar-refractivity contribution in [2.24, 2.45) is 7.05 Å². The summed E-state index contributed by atoms with van der Waals surface area (Å²) < 4.78 is 29.9. The highest BCUT2D eigenvalue weighted by Crippen LogP contribution is 2.47. The molecule has 1 saturated carbocycles. The summed E-state index contributed by atoms with van der Waals surface area (Å²) in [7, 11) is -2.12. The second-order valence-electron chi connectivity index (χ2n) is 7.24. The highest BCUT2D eigenvalue weighted by Gasteiger charge is 2.54. The van der Waals surface area contributed by atoms with Crippen molar-refractivity contribution in [3.05, 3.63) is 60.9 Å². The number of pyridine rings is 1. The van der Waals surface area contributed by atoms with Gasteiger partial charge in [0.2, 0.25) is 10.0 Å². The lowest BCUT2D eigenvalue weighted by Gasteiger charge is -2.21. The number of hydrogen-bond donors (Lipinski definition) is 2. The normalized spacial score (nSPS) is 15.5. The summed E-state index contributed by atoms with van der Waals surface area (Å²) in [6.45, 7) is 1.50. The van der Waals surface area contributed by atoms with E-state index in [2.05, 4.69) is 20.7 Å². The molecule has 3 rings (SSSR count). The van der Waals surface area contributed by atoms with Crippen molar-refractivity contribution in [2.75, 3.05) is 11.3 Å². The Bertz CT molecular complexity index is 1080. The number of hydrogen-bond acceptors (Lipinski definition) is 4. The number of sulfonamides is 1. The summed E-state index contributed by atoms with van der Waals surface area (Å²) in [4.78, 5) is 12.5. The van der Waals surface area contributed by atoms with Gasteiger partial charge in [0.05, 0.1) is 10.4 Å². The van der Waals surface area contributed by atoms with Crippen molar-refractivity contribution in [3.63, 3.8) is 0 Å². The molecule has 1 heterocycles. The number of nitrogens with zero attached hydrogens (tertiary/aromatic N) is 1. The van der Waals surface area contributed by atoms with Crippen molar-refractivity contribution in [1.29, 1.82) is 0 Å². The summed E-state index contributed by atoms with van der Waals surface area (Å²) in [6.07, 6.45) is 3.05. The minimum absolute atomic E-state index is 0.186. The molecule has 152 valence electrons. The number of aliphatic hydroxyl groups is 1. The van der Waals surface area contributed by atoms with E-state index >= 15 is 0 Å². The molecule has 1 aliphatic carbocycles. The summed E-state index contributed by atoms with van der Waals surface area (Å²) in [5.41, 5.74) is 2.02. The number of halogens is 2. The van der Waals surface area contributed by atoms with Crippen LogP contribution in [0.2, 0.25) is 5.02 Å². The molecule has 6 nitrogen and oxygen atoms in total. The van der Waals surface area contributed by atoms with Gasteiger partial charge in [0, 0.05) is 41.3 Å². The first kappa shape index (κ1) is 21.4. The molecule has 1 fully saturated rings. The SMILES string of the molecule is Cc1c(Cc2ccc(Br)cc2Cl)c(NS(=O)(=O)C2(CCO)CC2)cn(C)c1=O. The van der Waals surface area contributed by atoms with Crippen molar-refractivity contribution in [3.8, 4) is 0 Å². The number of aliphatic hydroxyl groups excluding tert-OH is 1. The molecule has 0 unspecified atom stereocenters. The first-order chi connectivity index (χ1) is 13.1. The molecular formula is C19H22BrClN2O4S. The van der Waals surface area contributed by atoms with E-state index in [0.717, 1.165) is 10.0 Å². The van der Waals surface area contributed by atoms with E-state index in [0.29, 0.717) is 41.1 Å². The molecule has 0 spiro atoms. The van der Waals surface area contributed by atoms with Crippen LogP contribution in [0.25, 0.3) is 0 Å². The van der Waals surface area contributed by atoms with Crippen LogP contribution in [-0.2, 0) is 23.5 Å². The minimum atomic E-state index is -3.71. The fourth-order valence-corrected chi connectivity index (χ4v) is 5.77. The Morgan fingerprint density at radius 2 is 2.04 bits per heavy atom. The zero-order valence-electron chi connectivity index (χ0n) is 15.6. The number of nitrogens with one attached hydrogen (secondary N) is 1. The molecular weight excluding hydrogens is 468 g/mol. The summed E-state index contributed by atoms with van der Waals surface area (Å²) in [5.74, 6) is 0. The Labute approximate surface area is 177 Å². The maximum absolute atomic E-state index is 13.0. The van der Waals surface area contributed by atoms with E-state index in [1.807, 2.05) is 12.1 Å². The van der Waals surface area contributed by atoms with Crippen LogP contribution in [0, 0.1) is 6.92 Å². The van der Waals surface area contributed by atoms with Gasteiger partial charge in [0.25, 0.3) is 5.56 Å². The first-order valence-corrected chi connectivity index (χ1v) is 11.5. The van der Waals surface area contributed by atoms with Crippen LogP contribution in [0.1, 0.15) is 36.0 Å². The first-order valence-electron chi connectivity index (χ1n) is 8.86. The smallest absolute Gasteiger partial charge is 0.253 e. The van der Waals surface area contributed by atoms with Crippen molar-refractivity contribution < 1.29 is 13.5 Å². The molecule has 2 aromatic rings. The number of aryl methyl sites for hydroxylation is 1. The maximum atomic E-state index is 13.0. The summed E-state index contributed by atoms with van der Waals surface area (Å²) >= 11 is 9.70. The van der Waals surface area contributed by atoms with Gasteiger partial charge in [-0.2, -0.15) is 0 Å². The van der Waals surface area contributed by atoms with Crippen LogP contribution in [0.3, 0.4) is 0 Å². The Hall–Kier alpha value is -1.35. The highest BCUT2D eigenvalue weighted by atomic mass is 79.9. The van der Waals surface area contributed by atoms with Crippen molar-refractivity contribution in [2.45, 2.75) is 37.4 Å². The molecule has 0 bridgehead atoms. The van der Waals surface area contributed by atoms with E-state index in [1.165, 1.54) is 10.8 Å². The van der Waals surface area contributed by atoms with Crippen LogP contribution in [0.4, 0.5) is 5.69 Å². The Morgan fingerprint density at radius 1 is 1.36 bits per heavy atom. The van der Waals surface area contributed by atoms with Gasteiger partial charge in [0.1, 0.15) is 0 Å². The van der Waals surface area contributed by atoms with Gasteiger partial charge in [-0.3, -0.25) is 9.52 Å². The van der Waals surface area contributed by atoms with Crippen LogP contribution < -0.4 is 10.3 Å². The van der Waals surface area contributed by atoms with Crippen LogP contribution in [-0.4, -0.2) is 29.4 Å². The van der Waals surface area contributed by atoms with Gasteiger partial charge in [-0.15, -0.1) is 0 Å². The topological polar surface area (TPSA) is 88.4 Å². The maximum Gasteiger partial charge on any atom is 0.253 e. The van der Waals surface area contributed by atoms with Crippen molar-refractivity contribution >= 4 is 43.2 Å². The fourth-order valence-electron chi connectivity index (χ4n) is 3.35. The zero-order chi connectivity index (χ0) is 20.7. The molecule has 0 radical (unpaired) electrons. The van der Waals surface area contributed by atoms with E-state index < -0.39 is 14.8 Å². The third-order valence-corrected chi connectivity index (χ3v) is 8.40. The number of rotatable bonds is 7. The van der Waals surface area contributed by atoms with Gasteiger partial charge in [-0.05, 0) is 49.4 Å². The van der Waals surface area contributed by atoms with Crippen LogP contribution in [0.5, 0.6) is 0 Å². The molecule has 0 atom stereocenters. The predicted octanol–water partition coefficient (Wildman–Crippen LogP) is 3.36. The molecule has 0 amide bonds. The van der Waals surface area contributed by atoms with Gasteiger partial charge in [-0.1, -0.05) is 33.6 Å². The van der Waals surface area contributed by atoms with E-state index in [-0.39, 0.29) is 18.6 Å². The number of benzene rings is 1. The molecule has 28 heavy (non-hydrogen) atoms. The van der Waals surface area contributed by atoms with Crippen molar-refractivity contribution in [1.82, 2.24) is 4.57 Å². The minimum Gasteiger partial charge on any atom is -0.396 e. The van der Waals surface area contributed by atoms with E-state index in [1.54, 1.807) is 20.0 Å². The number of aromatic nitrogens is 1. The summed E-state index contributed by atoms with van der Waals surface area (Å²) in [6, 6.07) is 5.45. The zero-order valence-corrected chi connectivity index (χ0v) is 18.8. The van der Waals surface area contributed by atoms with E-state index in [9.17, 15) is 18.3 Å². The van der Waals surface area contributed by atoms with E-state index in [4.69, 9.17) is 11.6 Å². The average Bonchev–Trinajstić information content (AvgIpc) is 3.40. The van der Waals surface area contributed by atoms with Crippen LogP contribution in [0.15, 0.2) is 33.7 Å². The predicted molar refractivity (Wildman–Crippen MR) is 115 cm³/mol. The quantitative estimate of drug-likeness (QED) is 0.624. The third kappa shape index (κ3) is 4.01. The lowest BCUT2D eigenvalue weighted by Crippen LogP contribution is -2.32. The van der Waals surface area contributed by atoms with Crippen LogP contribution >= 0.6 is 27.5 Å². The summed E-state index contributed by atoms with van der Waals surface area (Å²) in [5, 5.41) is 9.77. The molecule has 1 aromatic carbocycles. The average molecular weight is 490 g/mol. The highest BCUT2D eigenvalue weighted by molar-refractivity contribution is 9.10. The Balaban J connectivity index is 2.05. The molecule has 9 heteroatoms. The number of anilines is 1. The lowest BCUT2D eigenvalue weighted by molar-refractivity contribution is 0.283. The standard InChI is InChI=1S/C19H22BrClN2O4S/c1-12-15(9-13-3-4-14(20)10-16(13)21)17(11-23(2)18(12)25)22-28(26,27)19(5-6-19)7-8-24/h3-4,10-11,22,24H,5-9H2,1-2H3. The van der Waals surface area contributed by atoms with Gasteiger partial charge < -0.3 is 9.67 Å². The second-order valence-corrected chi connectivity index (χ2v) is 10.6. The lowest BCUT2D eigenvalue weighted by atomic mass is 10.0. The molecule has 0 saturated heterocycles. The fraction of sp³-hybridized carbons (Fsp3) is 0.421. The molecule has 0 aliphatic heterocycles. The second kappa shape index (κ2) is 7.82. The van der Waals surface area contributed by atoms with Gasteiger partial charge in [-0.25, -0.2) is 8.42 Å². The van der Waals surface area contributed by atoms with Gasteiger partial charge >= 0.3 is 0 Å². The third-order valence-electron chi connectivity index (χ3n) is 5.31. The molecule has 1 aliphatic rings. The Morgan fingerprint density at radius 3 is 2.61 bits per heavy atom. The monoisotopic (exact) mass is 488 g/mol.